The molecule has 156 valence electrons. The van der Waals surface area contributed by atoms with Crippen LogP contribution < -0.4 is 16.2 Å². The molecule has 0 atom stereocenters. The van der Waals surface area contributed by atoms with Gasteiger partial charge in [0.05, 0.1) is 5.69 Å². The minimum absolute atomic E-state index is 0.150. The first-order chi connectivity index (χ1) is 14.5. The summed E-state index contributed by atoms with van der Waals surface area (Å²) in [5.41, 5.74) is 5.11. The summed E-state index contributed by atoms with van der Waals surface area (Å²) in [5.74, 6) is -5.57. The van der Waals surface area contributed by atoms with Crippen LogP contribution in [0.1, 0.15) is 25.7 Å². The third kappa shape index (κ3) is 4.29. The van der Waals surface area contributed by atoms with Gasteiger partial charge < -0.3 is 5.32 Å². The maximum Gasteiger partial charge on any atom is 0.225 e. The molecule has 1 fully saturated rings. The highest BCUT2D eigenvalue weighted by molar-refractivity contribution is 5.65. The monoisotopic (exact) mass is 417 g/mol. The van der Waals surface area contributed by atoms with Gasteiger partial charge in [0, 0.05) is 23.7 Å². The molecular formula is C21H19F4N5. The molecule has 0 spiro atoms. The van der Waals surface area contributed by atoms with Crippen molar-refractivity contribution in [3.63, 3.8) is 0 Å². The van der Waals surface area contributed by atoms with Crippen molar-refractivity contribution in [2.45, 2.75) is 31.7 Å². The van der Waals surface area contributed by atoms with Crippen molar-refractivity contribution >= 4 is 17.5 Å². The maximum absolute atomic E-state index is 13.9. The summed E-state index contributed by atoms with van der Waals surface area (Å²) in [7, 11) is 0. The van der Waals surface area contributed by atoms with Crippen LogP contribution in [0.3, 0.4) is 0 Å². The fourth-order valence-corrected chi connectivity index (χ4v) is 3.39. The molecule has 1 aliphatic rings. The summed E-state index contributed by atoms with van der Waals surface area (Å²) < 4.78 is 54.7. The van der Waals surface area contributed by atoms with Gasteiger partial charge in [0.25, 0.3) is 0 Å². The molecule has 0 aliphatic heterocycles. The second kappa shape index (κ2) is 8.56. The van der Waals surface area contributed by atoms with Crippen LogP contribution in [0, 0.1) is 23.3 Å². The average molecular weight is 417 g/mol. The molecule has 0 unspecified atom stereocenters. The van der Waals surface area contributed by atoms with Crippen molar-refractivity contribution in [1.29, 1.82) is 0 Å². The van der Waals surface area contributed by atoms with Crippen LogP contribution in [0.2, 0.25) is 0 Å². The van der Waals surface area contributed by atoms with Crippen molar-refractivity contribution < 1.29 is 17.6 Å². The quantitative estimate of drug-likeness (QED) is 0.281. The number of hydrogen-bond donors (Lipinski definition) is 3. The first kappa shape index (κ1) is 19.9. The Balaban J connectivity index is 1.63. The summed E-state index contributed by atoms with van der Waals surface area (Å²) in [5, 5.41) is 3.27. The van der Waals surface area contributed by atoms with Crippen LogP contribution >= 0.6 is 0 Å². The van der Waals surface area contributed by atoms with E-state index in [4.69, 9.17) is 0 Å². The molecule has 5 nitrogen and oxygen atoms in total. The van der Waals surface area contributed by atoms with Crippen molar-refractivity contribution in [3.8, 4) is 11.3 Å². The first-order valence-corrected chi connectivity index (χ1v) is 9.57. The number of anilines is 3. The Hall–Kier alpha value is -3.36. The van der Waals surface area contributed by atoms with Crippen molar-refractivity contribution in [2.24, 2.45) is 0 Å². The fraction of sp³-hybridized carbons (Fsp3) is 0.238. The molecule has 1 aromatic heterocycles. The number of rotatable bonds is 6. The van der Waals surface area contributed by atoms with Crippen LogP contribution in [0.15, 0.2) is 42.5 Å². The zero-order valence-electron chi connectivity index (χ0n) is 15.9. The number of hydrogen-bond acceptors (Lipinski definition) is 5. The highest BCUT2D eigenvalue weighted by atomic mass is 19.2. The van der Waals surface area contributed by atoms with Crippen LogP contribution in [0.25, 0.3) is 11.3 Å². The van der Waals surface area contributed by atoms with Crippen molar-refractivity contribution in [2.75, 3.05) is 16.2 Å². The van der Waals surface area contributed by atoms with Gasteiger partial charge in [0.15, 0.2) is 29.1 Å². The lowest BCUT2D eigenvalue weighted by Crippen LogP contribution is -2.19. The molecule has 0 amide bonds. The SMILES string of the molecule is Fc1cc(F)c(F)c(NNc2cc(-c3ccccc3)nc(NC3CCCC3)n2)c1F. The lowest BCUT2D eigenvalue weighted by molar-refractivity contribution is 0.459. The van der Waals surface area contributed by atoms with E-state index in [1.807, 2.05) is 30.3 Å². The van der Waals surface area contributed by atoms with E-state index >= 15 is 0 Å². The molecule has 2 aromatic carbocycles. The topological polar surface area (TPSA) is 61.9 Å². The Kier molecular flexibility index (Phi) is 5.69. The predicted molar refractivity (Wildman–Crippen MR) is 107 cm³/mol. The predicted octanol–water partition coefficient (Wildman–Crippen LogP) is 5.49. The molecule has 0 saturated heterocycles. The lowest BCUT2D eigenvalue weighted by atomic mass is 10.1. The van der Waals surface area contributed by atoms with Gasteiger partial charge in [-0.1, -0.05) is 43.2 Å². The molecule has 0 radical (unpaired) electrons. The van der Waals surface area contributed by atoms with E-state index in [1.165, 1.54) is 0 Å². The molecule has 1 saturated carbocycles. The number of nitrogens with one attached hydrogen (secondary N) is 3. The molecule has 9 heteroatoms. The van der Waals surface area contributed by atoms with Crippen molar-refractivity contribution in [1.82, 2.24) is 9.97 Å². The minimum Gasteiger partial charge on any atom is -0.351 e. The molecule has 3 aromatic rings. The van der Waals surface area contributed by atoms with E-state index in [1.54, 1.807) is 6.07 Å². The third-order valence-corrected chi connectivity index (χ3v) is 4.91. The first-order valence-electron chi connectivity index (χ1n) is 9.57. The summed E-state index contributed by atoms with van der Waals surface area (Å²) in [6.07, 6.45) is 4.23. The minimum atomic E-state index is -1.54. The maximum atomic E-state index is 13.9. The van der Waals surface area contributed by atoms with Gasteiger partial charge in [0.2, 0.25) is 5.95 Å². The van der Waals surface area contributed by atoms with E-state index in [0.717, 1.165) is 31.2 Å². The van der Waals surface area contributed by atoms with Crippen LogP contribution in [0.4, 0.5) is 35.0 Å². The Morgan fingerprint density at radius 1 is 0.800 bits per heavy atom. The molecule has 1 aliphatic carbocycles. The van der Waals surface area contributed by atoms with E-state index in [2.05, 4.69) is 26.1 Å². The zero-order valence-corrected chi connectivity index (χ0v) is 15.9. The van der Waals surface area contributed by atoms with Gasteiger partial charge in [0.1, 0.15) is 5.69 Å². The highest BCUT2D eigenvalue weighted by Gasteiger charge is 2.20. The molecular weight excluding hydrogens is 398 g/mol. The second-order valence-electron chi connectivity index (χ2n) is 7.05. The summed E-state index contributed by atoms with van der Waals surface area (Å²) >= 11 is 0. The van der Waals surface area contributed by atoms with Gasteiger partial charge in [-0.15, -0.1) is 0 Å². The summed E-state index contributed by atoms with van der Waals surface area (Å²) in [4.78, 5) is 8.84. The van der Waals surface area contributed by atoms with E-state index < -0.39 is 29.0 Å². The zero-order chi connectivity index (χ0) is 21.1. The highest BCUT2D eigenvalue weighted by Crippen LogP contribution is 2.27. The normalized spacial score (nSPS) is 14.0. The fourth-order valence-electron chi connectivity index (χ4n) is 3.39. The Labute approximate surface area is 170 Å². The molecule has 4 rings (SSSR count). The molecule has 3 N–H and O–H groups in total. The number of aromatic nitrogens is 2. The van der Waals surface area contributed by atoms with E-state index in [0.29, 0.717) is 11.6 Å². The molecule has 0 bridgehead atoms. The smallest absolute Gasteiger partial charge is 0.225 e. The van der Waals surface area contributed by atoms with Gasteiger partial charge in [-0.2, -0.15) is 4.98 Å². The third-order valence-electron chi connectivity index (χ3n) is 4.91. The van der Waals surface area contributed by atoms with Crippen LogP contribution in [-0.4, -0.2) is 16.0 Å². The summed E-state index contributed by atoms with van der Waals surface area (Å²) in [6, 6.07) is 11.3. The van der Waals surface area contributed by atoms with Gasteiger partial charge >= 0.3 is 0 Å². The number of nitrogens with zero attached hydrogens (tertiary/aromatic N) is 2. The van der Waals surface area contributed by atoms with Crippen LogP contribution in [0.5, 0.6) is 0 Å². The molecule has 30 heavy (non-hydrogen) atoms. The number of hydrazine groups is 1. The van der Waals surface area contributed by atoms with Gasteiger partial charge in [-0.25, -0.2) is 22.5 Å². The van der Waals surface area contributed by atoms with Crippen LogP contribution in [-0.2, 0) is 0 Å². The Morgan fingerprint density at radius 2 is 1.47 bits per heavy atom. The second-order valence-corrected chi connectivity index (χ2v) is 7.05. The standard InChI is InChI=1S/C21H19F4N5/c22-14-10-15(23)19(25)20(18(14)24)30-29-17-11-16(12-6-2-1-3-7-12)27-21(28-17)26-13-8-4-5-9-13/h1-3,6-7,10-11,13,30H,4-5,8-9H2,(H2,26,27,28,29). The number of halogens is 4. The average Bonchev–Trinajstić information content (AvgIpc) is 3.26. The Morgan fingerprint density at radius 3 is 2.13 bits per heavy atom. The van der Waals surface area contributed by atoms with E-state index in [-0.39, 0.29) is 17.9 Å². The largest absolute Gasteiger partial charge is 0.351 e. The van der Waals surface area contributed by atoms with E-state index in [9.17, 15) is 17.6 Å². The summed E-state index contributed by atoms with van der Waals surface area (Å²) in [6.45, 7) is 0. The lowest BCUT2D eigenvalue weighted by Gasteiger charge is -2.16. The van der Waals surface area contributed by atoms with Gasteiger partial charge in [-0.05, 0) is 12.8 Å². The van der Waals surface area contributed by atoms with Gasteiger partial charge in [-0.3, -0.25) is 10.9 Å². The molecule has 1 heterocycles. The van der Waals surface area contributed by atoms with Crippen molar-refractivity contribution in [3.05, 3.63) is 65.7 Å². The number of benzene rings is 2. The Bertz CT molecular complexity index is 1010.